The molecule has 0 saturated carbocycles. The molecule has 2 atom stereocenters. The van der Waals surface area contributed by atoms with Crippen molar-refractivity contribution in [2.45, 2.75) is 65.4 Å². The van der Waals surface area contributed by atoms with Gasteiger partial charge in [-0.2, -0.15) is 0 Å². The quantitative estimate of drug-likeness (QED) is 0.390. The zero-order valence-corrected chi connectivity index (χ0v) is 20.5. The maximum atomic E-state index is 13.1. The number of hydrogen-bond acceptors (Lipinski definition) is 7. The third-order valence-electron chi connectivity index (χ3n) is 6.73. The highest BCUT2D eigenvalue weighted by molar-refractivity contribution is 5.81. The number of aromatic nitrogens is 5. The highest BCUT2D eigenvalue weighted by Gasteiger charge is 2.31. The summed E-state index contributed by atoms with van der Waals surface area (Å²) in [5.41, 5.74) is 2.53. The Kier molecular flexibility index (Phi) is 6.79. The van der Waals surface area contributed by atoms with Gasteiger partial charge in [-0.1, -0.05) is 32.0 Å². The lowest BCUT2D eigenvalue weighted by molar-refractivity contribution is 0.0836. The van der Waals surface area contributed by atoms with Gasteiger partial charge < -0.3 is 14.1 Å². The number of hydrogen-bond donors (Lipinski definition) is 1. The van der Waals surface area contributed by atoms with Gasteiger partial charge in [0.05, 0.1) is 37.0 Å². The van der Waals surface area contributed by atoms with Gasteiger partial charge in [0.1, 0.15) is 5.76 Å². The number of H-pyrrole nitrogens is 1. The Morgan fingerprint density at radius 3 is 2.86 bits per heavy atom. The third-order valence-corrected chi connectivity index (χ3v) is 6.73. The molecule has 3 aromatic heterocycles. The van der Waals surface area contributed by atoms with Crippen LogP contribution in [0.15, 0.2) is 51.9 Å². The van der Waals surface area contributed by atoms with E-state index in [4.69, 9.17) is 9.15 Å². The van der Waals surface area contributed by atoms with E-state index in [1.165, 1.54) is 0 Å². The molecule has 4 aromatic rings. The molecule has 184 valence electrons. The predicted molar refractivity (Wildman–Crippen MR) is 132 cm³/mol. The predicted octanol–water partition coefficient (Wildman–Crippen LogP) is 3.99. The van der Waals surface area contributed by atoms with Crippen LogP contribution in [0.4, 0.5) is 0 Å². The first kappa shape index (κ1) is 23.4. The Morgan fingerprint density at radius 2 is 2.11 bits per heavy atom. The zero-order valence-electron chi connectivity index (χ0n) is 20.5. The van der Waals surface area contributed by atoms with Crippen LogP contribution in [0.3, 0.4) is 0 Å². The second kappa shape index (κ2) is 10.1. The molecule has 1 aliphatic rings. The van der Waals surface area contributed by atoms with Crippen LogP contribution < -0.4 is 5.56 Å². The Balaban J connectivity index is 1.52. The van der Waals surface area contributed by atoms with E-state index in [2.05, 4.69) is 39.3 Å². The van der Waals surface area contributed by atoms with Crippen LogP contribution >= 0.6 is 0 Å². The van der Waals surface area contributed by atoms with Crippen LogP contribution in [-0.4, -0.2) is 42.8 Å². The molecular formula is C26H32N6O3. The van der Waals surface area contributed by atoms with Crippen LogP contribution in [0.5, 0.6) is 0 Å². The lowest BCUT2D eigenvalue weighted by atomic mass is 10.00. The van der Waals surface area contributed by atoms with Gasteiger partial charge in [0, 0.05) is 18.7 Å². The smallest absolute Gasteiger partial charge is 0.252 e. The molecule has 0 bridgehead atoms. The lowest BCUT2D eigenvalue weighted by Gasteiger charge is -2.33. The molecule has 0 amide bonds. The monoisotopic (exact) mass is 476 g/mol. The van der Waals surface area contributed by atoms with Gasteiger partial charge in [-0.3, -0.25) is 9.69 Å². The molecular weight excluding hydrogens is 444 g/mol. The zero-order chi connectivity index (χ0) is 24.4. The summed E-state index contributed by atoms with van der Waals surface area (Å²) < 4.78 is 13.4. The first-order valence-corrected chi connectivity index (χ1v) is 12.2. The second-order valence-electron chi connectivity index (χ2n) is 9.69. The highest BCUT2D eigenvalue weighted by atomic mass is 16.5. The molecule has 1 fully saturated rings. The van der Waals surface area contributed by atoms with Gasteiger partial charge in [-0.25, -0.2) is 4.68 Å². The first-order chi connectivity index (χ1) is 17.0. The van der Waals surface area contributed by atoms with E-state index < -0.39 is 0 Å². The summed E-state index contributed by atoms with van der Waals surface area (Å²) in [6.07, 6.45) is 3.86. The molecule has 1 aliphatic heterocycles. The van der Waals surface area contributed by atoms with Crippen molar-refractivity contribution in [3.63, 3.8) is 0 Å². The fraction of sp³-hybridized carbons (Fsp3) is 0.462. The van der Waals surface area contributed by atoms with Crippen molar-refractivity contribution >= 4 is 10.9 Å². The molecule has 0 unspecified atom stereocenters. The van der Waals surface area contributed by atoms with E-state index in [0.29, 0.717) is 25.2 Å². The van der Waals surface area contributed by atoms with E-state index in [-0.39, 0.29) is 23.6 Å². The fourth-order valence-corrected chi connectivity index (χ4v) is 5.04. The van der Waals surface area contributed by atoms with Crippen LogP contribution in [0.25, 0.3) is 10.9 Å². The molecule has 9 heteroatoms. The Bertz CT molecular complexity index is 1320. The van der Waals surface area contributed by atoms with E-state index >= 15 is 0 Å². The number of tetrazole rings is 1. The summed E-state index contributed by atoms with van der Waals surface area (Å²) >= 11 is 0. The Morgan fingerprint density at radius 1 is 1.23 bits per heavy atom. The number of rotatable bonds is 9. The molecule has 0 radical (unpaired) electrons. The number of pyridine rings is 1. The fourth-order valence-electron chi connectivity index (χ4n) is 5.04. The largest absolute Gasteiger partial charge is 0.468 e. The number of nitrogens with one attached hydrogen (secondary N) is 1. The van der Waals surface area contributed by atoms with Gasteiger partial charge in [0.2, 0.25) is 0 Å². The molecule has 4 heterocycles. The van der Waals surface area contributed by atoms with Gasteiger partial charge in [-0.15, -0.1) is 5.10 Å². The molecule has 1 aromatic carbocycles. The number of ether oxygens (including phenoxy) is 1. The third kappa shape index (κ3) is 5.06. The van der Waals surface area contributed by atoms with Crippen LogP contribution in [0.1, 0.15) is 55.4 Å². The van der Waals surface area contributed by atoms with Crippen molar-refractivity contribution in [1.82, 2.24) is 30.1 Å². The molecule has 1 N–H and O–H groups in total. The Labute approximate surface area is 204 Å². The molecule has 0 aliphatic carbocycles. The van der Waals surface area contributed by atoms with E-state index in [1.807, 2.05) is 48.0 Å². The van der Waals surface area contributed by atoms with Crippen molar-refractivity contribution in [3.05, 3.63) is 75.7 Å². The number of nitrogens with zero attached hydrogens (tertiary/aromatic N) is 5. The van der Waals surface area contributed by atoms with Crippen molar-refractivity contribution in [2.24, 2.45) is 5.92 Å². The first-order valence-electron chi connectivity index (χ1n) is 12.2. The minimum Gasteiger partial charge on any atom is -0.468 e. The minimum absolute atomic E-state index is 0.0855. The summed E-state index contributed by atoms with van der Waals surface area (Å²) in [6, 6.07) is 11.7. The Hall–Kier alpha value is -3.30. The van der Waals surface area contributed by atoms with Gasteiger partial charge >= 0.3 is 0 Å². The van der Waals surface area contributed by atoms with Gasteiger partial charge in [0.15, 0.2) is 5.82 Å². The number of aryl methyl sites for hydroxylation is 1. The highest BCUT2D eigenvalue weighted by Crippen LogP contribution is 2.31. The summed E-state index contributed by atoms with van der Waals surface area (Å²) in [5, 5.41) is 13.8. The standard InChI is InChI=1S/C26H32N6O3/c1-17(2)24(25-28-29-30-32(25)16-22-10-6-12-35-22)31(15-21-9-5-11-34-21)14-20-13-19-8-4-7-18(3)23(19)27-26(20)33/h4-5,7-9,11,13,17,22,24H,6,10,12,14-16H2,1-3H3,(H,27,33)/t22-,24-/m1/s1. The number of para-hydroxylation sites is 1. The number of furan rings is 1. The number of benzene rings is 1. The lowest BCUT2D eigenvalue weighted by Crippen LogP contribution is -2.35. The van der Waals surface area contributed by atoms with E-state index in [9.17, 15) is 4.79 Å². The van der Waals surface area contributed by atoms with Crippen molar-refractivity contribution in [1.29, 1.82) is 0 Å². The summed E-state index contributed by atoms with van der Waals surface area (Å²) in [7, 11) is 0. The van der Waals surface area contributed by atoms with E-state index in [0.717, 1.165) is 47.5 Å². The molecule has 5 rings (SSSR count). The molecule has 0 spiro atoms. The average Bonchev–Trinajstić information content (AvgIpc) is 3.60. The number of fused-ring (bicyclic) bond motifs is 1. The minimum atomic E-state index is -0.135. The maximum absolute atomic E-state index is 13.1. The van der Waals surface area contributed by atoms with Crippen molar-refractivity contribution in [3.8, 4) is 0 Å². The van der Waals surface area contributed by atoms with Crippen molar-refractivity contribution < 1.29 is 9.15 Å². The molecule has 35 heavy (non-hydrogen) atoms. The second-order valence-corrected chi connectivity index (χ2v) is 9.69. The topological polar surface area (TPSA) is 102 Å². The van der Waals surface area contributed by atoms with Gasteiger partial charge in [0.25, 0.3) is 5.56 Å². The molecule has 9 nitrogen and oxygen atoms in total. The van der Waals surface area contributed by atoms with Gasteiger partial charge in [-0.05, 0) is 65.3 Å². The van der Waals surface area contributed by atoms with Crippen LogP contribution in [-0.2, 0) is 24.4 Å². The summed E-state index contributed by atoms with van der Waals surface area (Å²) in [4.78, 5) is 18.4. The number of aromatic amines is 1. The van der Waals surface area contributed by atoms with Crippen LogP contribution in [0, 0.1) is 12.8 Å². The SMILES string of the molecule is Cc1cccc2cc(CN(Cc3ccco3)[C@@H](c3nnnn3C[C@H]3CCCO3)C(C)C)c(=O)[nH]c12. The average molecular weight is 477 g/mol. The molecule has 1 saturated heterocycles. The summed E-state index contributed by atoms with van der Waals surface area (Å²) in [6.45, 7) is 8.66. The van der Waals surface area contributed by atoms with E-state index in [1.54, 1.807) is 6.26 Å². The maximum Gasteiger partial charge on any atom is 0.252 e. The normalized spacial score (nSPS) is 17.1. The van der Waals surface area contributed by atoms with Crippen LogP contribution in [0.2, 0.25) is 0 Å². The van der Waals surface area contributed by atoms with Crippen molar-refractivity contribution in [2.75, 3.05) is 6.61 Å². The summed E-state index contributed by atoms with van der Waals surface area (Å²) in [5.74, 6) is 1.78.